The fourth-order valence-corrected chi connectivity index (χ4v) is 5.15. The van der Waals surface area contributed by atoms with Gasteiger partial charge in [-0.2, -0.15) is 0 Å². The predicted molar refractivity (Wildman–Crippen MR) is 124 cm³/mol. The second-order valence-corrected chi connectivity index (χ2v) is 10.2. The molecule has 1 fully saturated rings. The van der Waals surface area contributed by atoms with Crippen LogP contribution in [0.5, 0.6) is 0 Å². The summed E-state index contributed by atoms with van der Waals surface area (Å²) in [6.07, 6.45) is 0.454. The molecule has 180 valence electrons. The summed E-state index contributed by atoms with van der Waals surface area (Å²) in [5.74, 6) is -0.639. The third-order valence-electron chi connectivity index (χ3n) is 5.10. The summed E-state index contributed by atoms with van der Waals surface area (Å²) in [6.45, 7) is -0.241. The molecule has 3 rings (SSSR count). The molecule has 0 aliphatic carbocycles. The highest BCUT2D eigenvalue weighted by Crippen LogP contribution is 2.24. The molecule has 33 heavy (non-hydrogen) atoms. The van der Waals surface area contributed by atoms with Crippen molar-refractivity contribution < 1.29 is 27.4 Å². The van der Waals surface area contributed by atoms with Gasteiger partial charge in [0.25, 0.3) is 0 Å². The minimum absolute atomic E-state index is 0.0791. The number of halogens is 3. The summed E-state index contributed by atoms with van der Waals surface area (Å²) in [4.78, 5) is 12.2. The monoisotopic (exact) mass is 519 g/mol. The lowest BCUT2D eigenvalue weighted by Gasteiger charge is -2.36. The smallest absolute Gasteiger partial charge is 0.319 e. The van der Waals surface area contributed by atoms with Crippen LogP contribution in [-0.4, -0.2) is 51.0 Å². The molecule has 2 aromatic rings. The van der Waals surface area contributed by atoms with Gasteiger partial charge in [0.2, 0.25) is 10.0 Å². The number of aliphatic hydroxyl groups excluding tert-OH is 1. The summed E-state index contributed by atoms with van der Waals surface area (Å²) >= 11 is 11.9. The van der Waals surface area contributed by atoms with E-state index in [4.69, 9.17) is 27.9 Å². The average molecular weight is 520 g/mol. The van der Waals surface area contributed by atoms with Crippen molar-refractivity contribution >= 4 is 44.9 Å². The van der Waals surface area contributed by atoms with E-state index in [-0.39, 0.29) is 24.2 Å². The van der Waals surface area contributed by atoms with Gasteiger partial charge in [-0.05, 0) is 55.7 Å². The molecular weight excluding hydrogens is 496 g/mol. The first-order valence-corrected chi connectivity index (χ1v) is 12.5. The molecule has 1 heterocycles. The van der Waals surface area contributed by atoms with Crippen molar-refractivity contribution in [3.63, 3.8) is 0 Å². The van der Waals surface area contributed by atoms with Crippen LogP contribution in [0.25, 0.3) is 0 Å². The lowest BCUT2D eigenvalue weighted by atomic mass is 9.97. The Labute approximate surface area is 201 Å². The molecule has 1 aliphatic heterocycles. The van der Waals surface area contributed by atoms with E-state index in [2.05, 4.69) is 15.4 Å². The number of carbonyl (C=O) groups excluding carboxylic acids is 1. The summed E-state index contributed by atoms with van der Waals surface area (Å²) in [7, 11) is -3.84. The molecule has 8 nitrogen and oxygen atoms in total. The average Bonchev–Trinajstić information content (AvgIpc) is 2.73. The third-order valence-corrected chi connectivity index (χ3v) is 6.99. The van der Waals surface area contributed by atoms with Crippen molar-refractivity contribution in [1.82, 2.24) is 10.0 Å². The zero-order valence-electron chi connectivity index (χ0n) is 17.4. The van der Waals surface area contributed by atoms with Crippen LogP contribution in [0, 0.1) is 5.82 Å². The van der Waals surface area contributed by atoms with E-state index >= 15 is 0 Å². The number of nitrogens with one attached hydrogen (secondary N) is 3. The van der Waals surface area contributed by atoms with E-state index in [0.717, 1.165) is 6.07 Å². The highest BCUT2D eigenvalue weighted by molar-refractivity contribution is 7.89. The van der Waals surface area contributed by atoms with Crippen molar-refractivity contribution in [2.45, 2.75) is 42.4 Å². The number of aliphatic hydroxyl groups is 1. The molecule has 2 amide bonds. The van der Waals surface area contributed by atoms with E-state index < -0.39 is 34.0 Å². The zero-order chi connectivity index (χ0) is 24.0. The van der Waals surface area contributed by atoms with E-state index in [9.17, 15) is 22.7 Å². The third kappa shape index (κ3) is 7.53. The van der Waals surface area contributed by atoms with Crippen molar-refractivity contribution in [2.75, 3.05) is 18.5 Å². The Morgan fingerprint density at radius 3 is 2.55 bits per heavy atom. The Balaban J connectivity index is 1.48. The molecular formula is C21H24Cl2FN3O5S. The topological polar surface area (TPSA) is 117 Å². The Morgan fingerprint density at radius 1 is 1.15 bits per heavy atom. The quantitative estimate of drug-likeness (QED) is 0.425. The van der Waals surface area contributed by atoms with Gasteiger partial charge in [0.1, 0.15) is 11.9 Å². The Morgan fingerprint density at radius 2 is 1.88 bits per heavy atom. The van der Waals surface area contributed by atoms with Crippen LogP contribution in [0.3, 0.4) is 0 Å². The van der Waals surface area contributed by atoms with Crippen LogP contribution in [0.1, 0.15) is 19.3 Å². The summed E-state index contributed by atoms with van der Waals surface area (Å²) in [5.41, 5.74) is 0.422. The maximum atomic E-state index is 13.3. The normalized spacial score (nSPS) is 20.9. The fraction of sp³-hybridized carbons (Fsp3) is 0.381. The molecule has 12 heteroatoms. The number of amides is 2. The summed E-state index contributed by atoms with van der Waals surface area (Å²) < 4.78 is 46.1. The van der Waals surface area contributed by atoms with Gasteiger partial charge in [-0.1, -0.05) is 29.3 Å². The van der Waals surface area contributed by atoms with Crippen molar-refractivity contribution in [3.8, 4) is 0 Å². The predicted octanol–water partition coefficient (Wildman–Crippen LogP) is 3.53. The number of benzene rings is 2. The van der Waals surface area contributed by atoms with Crippen LogP contribution >= 0.6 is 23.2 Å². The molecule has 1 aliphatic rings. The van der Waals surface area contributed by atoms with Crippen molar-refractivity contribution in [3.05, 3.63) is 58.3 Å². The number of hydrogen-bond acceptors (Lipinski definition) is 5. The minimum Gasteiger partial charge on any atom is -0.394 e. The van der Waals surface area contributed by atoms with Crippen LogP contribution < -0.4 is 15.4 Å². The maximum absolute atomic E-state index is 13.3. The number of urea groups is 1. The highest BCUT2D eigenvalue weighted by atomic mass is 35.5. The van der Waals surface area contributed by atoms with Gasteiger partial charge in [0.15, 0.2) is 0 Å². The number of sulfonamides is 1. The molecule has 0 saturated carbocycles. The molecule has 2 aromatic carbocycles. The summed E-state index contributed by atoms with van der Waals surface area (Å²) in [5, 5.41) is 15.9. The van der Waals surface area contributed by atoms with E-state index in [0.29, 0.717) is 35.0 Å². The van der Waals surface area contributed by atoms with Crippen molar-refractivity contribution in [1.29, 1.82) is 0 Å². The van der Waals surface area contributed by atoms with E-state index in [1.165, 1.54) is 18.2 Å². The Hall–Kier alpha value is -1.95. The number of rotatable bonds is 8. The summed E-state index contributed by atoms with van der Waals surface area (Å²) in [6, 6.07) is 8.45. The molecule has 0 bridgehead atoms. The SMILES string of the molecule is O=C(Nc1cc(Cl)cc(Cl)c1)N[C@H]1CC[C@@H](CCNS(=O)(=O)c2cccc(F)c2)O[C@@H]1CO. The van der Waals surface area contributed by atoms with Crippen LogP contribution in [0.2, 0.25) is 10.0 Å². The number of hydrogen-bond donors (Lipinski definition) is 4. The van der Waals surface area contributed by atoms with Gasteiger partial charge < -0.3 is 20.5 Å². The number of ether oxygens (including phenoxy) is 1. The standard InChI is InChI=1S/C21H24Cl2FN3O5S/c22-13-8-14(23)10-16(9-13)26-21(29)27-19-5-4-17(32-20(19)12-28)6-7-25-33(30,31)18-3-1-2-15(24)11-18/h1-3,8-11,17,19-20,25,28H,4-7,12H2,(H2,26,27,29)/t17-,19-,20+/m0/s1. The van der Waals surface area contributed by atoms with Gasteiger partial charge in [-0.3, -0.25) is 0 Å². The maximum Gasteiger partial charge on any atom is 0.319 e. The van der Waals surface area contributed by atoms with Gasteiger partial charge in [0.05, 0.1) is 23.6 Å². The fourth-order valence-electron chi connectivity index (χ4n) is 3.54. The van der Waals surface area contributed by atoms with E-state index in [1.807, 2.05) is 0 Å². The lowest BCUT2D eigenvalue weighted by molar-refractivity contribution is -0.0884. The molecule has 0 radical (unpaired) electrons. The second-order valence-electron chi connectivity index (χ2n) is 7.56. The zero-order valence-corrected chi connectivity index (χ0v) is 19.8. The number of anilines is 1. The molecule has 1 saturated heterocycles. The van der Waals surface area contributed by atoms with Gasteiger partial charge >= 0.3 is 6.03 Å². The molecule has 4 N–H and O–H groups in total. The Kier molecular flexibility index (Phi) is 8.91. The first-order chi connectivity index (χ1) is 15.7. The largest absolute Gasteiger partial charge is 0.394 e. The second kappa shape index (κ2) is 11.5. The van der Waals surface area contributed by atoms with Crippen LogP contribution in [-0.2, 0) is 14.8 Å². The Bertz CT molecular complexity index is 1070. The van der Waals surface area contributed by atoms with Crippen LogP contribution in [0.15, 0.2) is 47.4 Å². The van der Waals surface area contributed by atoms with E-state index in [1.54, 1.807) is 18.2 Å². The molecule has 0 unspecified atom stereocenters. The highest BCUT2D eigenvalue weighted by Gasteiger charge is 2.32. The number of carbonyl (C=O) groups is 1. The van der Waals surface area contributed by atoms with Gasteiger partial charge in [-0.15, -0.1) is 0 Å². The first-order valence-electron chi connectivity index (χ1n) is 10.2. The van der Waals surface area contributed by atoms with Crippen molar-refractivity contribution in [2.24, 2.45) is 0 Å². The molecule has 3 atom stereocenters. The van der Waals surface area contributed by atoms with Gasteiger partial charge in [0, 0.05) is 22.3 Å². The molecule has 0 spiro atoms. The molecule has 0 aromatic heterocycles. The van der Waals surface area contributed by atoms with Crippen LogP contribution in [0.4, 0.5) is 14.9 Å². The minimum atomic E-state index is -3.84. The van der Waals surface area contributed by atoms with Gasteiger partial charge in [-0.25, -0.2) is 22.3 Å². The first kappa shape index (κ1) is 25.7. The lowest BCUT2D eigenvalue weighted by Crippen LogP contribution is -2.52.